The van der Waals surface area contributed by atoms with Crippen LogP contribution in [-0.2, 0) is 4.79 Å². The molecular weight excluding hydrogens is 90.1 g/mol. The van der Waals surface area contributed by atoms with Gasteiger partial charge in [-0.25, -0.2) is 4.99 Å². The van der Waals surface area contributed by atoms with Gasteiger partial charge in [0, 0.05) is 5.57 Å². The Hall–Kier alpha value is -0.920. The third kappa shape index (κ3) is 1.87. The first-order valence-electron chi connectivity index (χ1n) is 1.85. The number of hydrogen-bond donors (Lipinski definition) is 0. The van der Waals surface area contributed by atoms with Gasteiger partial charge in [-0.3, -0.25) is 4.79 Å². The van der Waals surface area contributed by atoms with Crippen molar-refractivity contribution in [1.82, 2.24) is 0 Å². The van der Waals surface area contributed by atoms with E-state index in [9.17, 15) is 4.79 Å². The lowest BCUT2D eigenvalue weighted by Gasteiger charge is -1.82. The van der Waals surface area contributed by atoms with Gasteiger partial charge < -0.3 is 0 Å². The summed E-state index contributed by atoms with van der Waals surface area (Å²) < 4.78 is 0. The van der Waals surface area contributed by atoms with Crippen molar-refractivity contribution in [3.8, 4) is 0 Å². The van der Waals surface area contributed by atoms with Gasteiger partial charge in [0.2, 0.25) is 0 Å². The molecule has 0 aliphatic heterocycles. The molecule has 2 nitrogen and oxygen atoms in total. The summed E-state index contributed by atoms with van der Waals surface area (Å²) in [4.78, 5) is 13.3. The molecule has 0 aliphatic carbocycles. The predicted octanol–water partition coefficient (Wildman–Crippen LogP) is 0.790. The van der Waals surface area contributed by atoms with Crippen LogP contribution in [0.2, 0.25) is 0 Å². The van der Waals surface area contributed by atoms with Crippen molar-refractivity contribution in [3.63, 3.8) is 0 Å². The monoisotopic (exact) mass is 97.1 g/mol. The molecule has 1 amide bonds. The average Bonchev–Trinajstić information content (AvgIpc) is 1.65. The summed E-state index contributed by atoms with van der Waals surface area (Å²) in [6.07, 6.45) is 0. The summed E-state index contributed by atoms with van der Waals surface area (Å²) in [6.45, 7) is 7.96. The molecule has 0 aliphatic rings. The molecule has 0 unspecified atom stereocenters. The van der Waals surface area contributed by atoms with Gasteiger partial charge in [0.15, 0.2) is 0 Å². The highest BCUT2D eigenvalue weighted by molar-refractivity contribution is 5.95. The van der Waals surface area contributed by atoms with Gasteiger partial charge in [0.1, 0.15) is 0 Å². The molecule has 38 valence electrons. The number of rotatable bonds is 1. The first kappa shape index (κ1) is 6.08. The Bertz CT molecular complexity index is 115. The standard InChI is InChI=1S/C5H7NO/c1-4(2)5(7)6-3/h1,3H2,2H3. The van der Waals surface area contributed by atoms with Gasteiger partial charge >= 0.3 is 0 Å². The maximum atomic E-state index is 10.2. The lowest BCUT2D eigenvalue weighted by molar-refractivity contribution is -0.114. The van der Waals surface area contributed by atoms with Crippen molar-refractivity contribution in [2.75, 3.05) is 0 Å². The van der Waals surface area contributed by atoms with E-state index in [1.807, 2.05) is 0 Å². The molecule has 0 saturated carbocycles. The van der Waals surface area contributed by atoms with E-state index < -0.39 is 0 Å². The summed E-state index contributed by atoms with van der Waals surface area (Å²) >= 11 is 0. The van der Waals surface area contributed by atoms with Crippen LogP contribution in [0.5, 0.6) is 0 Å². The fraction of sp³-hybridized carbons (Fsp3) is 0.200. The average molecular weight is 97.1 g/mol. The molecule has 0 aromatic carbocycles. The van der Waals surface area contributed by atoms with Crippen LogP contribution in [-0.4, -0.2) is 12.6 Å². The molecule has 0 heterocycles. The molecule has 0 rings (SSSR count). The van der Waals surface area contributed by atoms with Crippen LogP contribution in [0.4, 0.5) is 0 Å². The molecule has 0 aromatic heterocycles. The van der Waals surface area contributed by atoms with Crippen LogP contribution < -0.4 is 0 Å². The second-order valence-corrected chi connectivity index (χ2v) is 1.24. The molecule has 0 aromatic rings. The third-order valence-electron chi connectivity index (χ3n) is 0.509. The molecular formula is C5H7NO. The Morgan fingerprint density at radius 2 is 2.14 bits per heavy atom. The largest absolute Gasteiger partial charge is 0.271 e. The number of carbonyl (C=O) groups excluding carboxylic acids is 1. The molecule has 0 spiro atoms. The Morgan fingerprint density at radius 1 is 1.71 bits per heavy atom. The zero-order valence-corrected chi connectivity index (χ0v) is 4.27. The number of hydrogen-bond acceptors (Lipinski definition) is 1. The van der Waals surface area contributed by atoms with E-state index in [1.54, 1.807) is 6.92 Å². The highest BCUT2D eigenvalue weighted by Gasteiger charge is 1.91. The van der Waals surface area contributed by atoms with E-state index in [-0.39, 0.29) is 5.91 Å². The topological polar surface area (TPSA) is 29.4 Å². The lowest BCUT2D eigenvalue weighted by Crippen LogP contribution is -1.89. The van der Waals surface area contributed by atoms with Crippen molar-refractivity contribution in [2.45, 2.75) is 6.92 Å². The zero-order valence-electron chi connectivity index (χ0n) is 4.27. The molecule has 7 heavy (non-hydrogen) atoms. The first-order chi connectivity index (χ1) is 3.18. The van der Waals surface area contributed by atoms with Crippen LogP contribution in [0.1, 0.15) is 6.92 Å². The minimum Gasteiger partial charge on any atom is -0.267 e. The van der Waals surface area contributed by atoms with Gasteiger partial charge in [-0.05, 0) is 13.6 Å². The van der Waals surface area contributed by atoms with Crippen LogP contribution in [0.25, 0.3) is 0 Å². The predicted molar refractivity (Wildman–Crippen MR) is 29.4 cm³/mol. The second-order valence-electron chi connectivity index (χ2n) is 1.24. The lowest BCUT2D eigenvalue weighted by atomic mass is 10.3. The quantitative estimate of drug-likeness (QED) is 0.351. The fourth-order valence-electron chi connectivity index (χ4n) is 0.135. The third-order valence-corrected chi connectivity index (χ3v) is 0.509. The molecule has 0 atom stereocenters. The van der Waals surface area contributed by atoms with E-state index in [2.05, 4.69) is 18.3 Å². The Balaban J connectivity index is 3.81. The summed E-state index contributed by atoms with van der Waals surface area (Å²) in [5.41, 5.74) is 0.426. The smallest absolute Gasteiger partial charge is 0.267 e. The first-order valence-corrected chi connectivity index (χ1v) is 1.85. The van der Waals surface area contributed by atoms with Gasteiger partial charge in [-0.15, -0.1) is 0 Å². The van der Waals surface area contributed by atoms with Crippen molar-refractivity contribution in [2.24, 2.45) is 4.99 Å². The highest BCUT2D eigenvalue weighted by atomic mass is 16.1. The van der Waals surface area contributed by atoms with Crippen molar-refractivity contribution in [1.29, 1.82) is 0 Å². The molecule has 0 bridgehead atoms. The highest BCUT2D eigenvalue weighted by Crippen LogP contribution is 1.87. The normalized spacial score (nSPS) is 7.57. The number of aliphatic imine (C=N–C) groups is 1. The molecule has 2 heteroatoms. The SMILES string of the molecule is C=NC(=O)C(=C)C. The van der Waals surface area contributed by atoms with Crippen molar-refractivity contribution >= 4 is 12.6 Å². The van der Waals surface area contributed by atoms with Gasteiger partial charge in [0.05, 0.1) is 0 Å². The fourth-order valence-corrected chi connectivity index (χ4v) is 0.135. The van der Waals surface area contributed by atoms with E-state index in [1.165, 1.54) is 0 Å². The molecule has 0 N–H and O–H groups in total. The summed E-state index contributed by atoms with van der Waals surface area (Å²) in [6, 6.07) is 0. The second kappa shape index (κ2) is 2.29. The van der Waals surface area contributed by atoms with Gasteiger partial charge in [-0.2, -0.15) is 0 Å². The molecule has 0 radical (unpaired) electrons. The Labute approximate surface area is 42.6 Å². The van der Waals surface area contributed by atoms with Crippen molar-refractivity contribution < 1.29 is 4.79 Å². The maximum Gasteiger partial charge on any atom is 0.271 e. The summed E-state index contributed by atoms with van der Waals surface area (Å²) in [5.74, 6) is -0.333. The number of amides is 1. The van der Waals surface area contributed by atoms with E-state index in [4.69, 9.17) is 0 Å². The van der Waals surface area contributed by atoms with Crippen LogP contribution in [0, 0.1) is 0 Å². The van der Waals surface area contributed by atoms with Crippen LogP contribution in [0.3, 0.4) is 0 Å². The van der Waals surface area contributed by atoms with Gasteiger partial charge in [0.25, 0.3) is 5.91 Å². The van der Waals surface area contributed by atoms with Crippen LogP contribution >= 0.6 is 0 Å². The maximum absolute atomic E-state index is 10.2. The minimum atomic E-state index is -0.333. The Kier molecular flexibility index (Phi) is 1.99. The summed E-state index contributed by atoms with van der Waals surface area (Å²) in [5, 5.41) is 0. The molecule has 0 fully saturated rings. The Morgan fingerprint density at radius 3 is 2.14 bits per heavy atom. The van der Waals surface area contributed by atoms with Gasteiger partial charge in [-0.1, -0.05) is 6.58 Å². The minimum absolute atomic E-state index is 0.333. The summed E-state index contributed by atoms with van der Waals surface area (Å²) in [7, 11) is 0. The molecule has 0 saturated heterocycles. The number of carbonyl (C=O) groups is 1. The van der Waals surface area contributed by atoms with Crippen molar-refractivity contribution in [3.05, 3.63) is 12.2 Å². The van der Waals surface area contributed by atoms with E-state index in [0.717, 1.165) is 0 Å². The van der Waals surface area contributed by atoms with Crippen LogP contribution in [0.15, 0.2) is 17.1 Å². The zero-order chi connectivity index (χ0) is 5.86. The number of nitrogens with zero attached hydrogens (tertiary/aromatic N) is 1. The van der Waals surface area contributed by atoms with E-state index >= 15 is 0 Å². The van der Waals surface area contributed by atoms with E-state index in [0.29, 0.717) is 5.57 Å².